The molecule has 1 aromatic carbocycles. The summed E-state index contributed by atoms with van der Waals surface area (Å²) in [5.41, 5.74) is 3.05. The Balaban J connectivity index is 1.68. The van der Waals surface area contributed by atoms with Gasteiger partial charge in [0.1, 0.15) is 12.0 Å². The predicted molar refractivity (Wildman–Crippen MR) is 81.3 cm³/mol. The molecule has 112 valence electrons. The zero-order valence-corrected chi connectivity index (χ0v) is 12.0. The molecule has 0 spiro atoms. The van der Waals surface area contributed by atoms with Crippen LogP contribution in [0.3, 0.4) is 0 Å². The van der Waals surface area contributed by atoms with Crippen LogP contribution in [0.5, 0.6) is 5.75 Å². The minimum absolute atomic E-state index is 0.0139. The van der Waals surface area contributed by atoms with Gasteiger partial charge in [0, 0.05) is 24.4 Å². The molecule has 0 bridgehead atoms. The lowest BCUT2D eigenvalue weighted by Gasteiger charge is -2.22. The SMILES string of the molecule is Oc1ccc2ncc(-c3cnn(C4CCCCO4)c3)nc2c1. The number of hydrogen-bond acceptors (Lipinski definition) is 5. The number of hydrogen-bond donors (Lipinski definition) is 1. The molecule has 1 atom stereocenters. The molecular formula is C16H16N4O2. The molecule has 3 heterocycles. The van der Waals surface area contributed by atoms with E-state index in [1.165, 1.54) is 0 Å². The molecule has 1 fully saturated rings. The first kappa shape index (κ1) is 13.2. The van der Waals surface area contributed by atoms with Crippen LogP contribution in [0.2, 0.25) is 0 Å². The molecule has 0 saturated carbocycles. The first-order chi connectivity index (χ1) is 10.8. The summed E-state index contributed by atoms with van der Waals surface area (Å²) < 4.78 is 7.58. The highest BCUT2D eigenvalue weighted by Crippen LogP contribution is 2.25. The molecule has 22 heavy (non-hydrogen) atoms. The fourth-order valence-electron chi connectivity index (χ4n) is 2.70. The third-order valence-corrected chi connectivity index (χ3v) is 3.87. The van der Waals surface area contributed by atoms with Gasteiger partial charge in [0.25, 0.3) is 0 Å². The minimum Gasteiger partial charge on any atom is -0.508 e. The van der Waals surface area contributed by atoms with Crippen molar-refractivity contribution in [1.29, 1.82) is 0 Å². The third-order valence-electron chi connectivity index (χ3n) is 3.87. The van der Waals surface area contributed by atoms with Crippen LogP contribution in [0, 0.1) is 0 Å². The summed E-state index contributed by atoms with van der Waals surface area (Å²) in [5, 5.41) is 14.0. The van der Waals surface area contributed by atoms with Gasteiger partial charge < -0.3 is 9.84 Å². The Labute approximate surface area is 127 Å². The highest BCUT2D eigenvalue weighted by Gasteiger charge is 2.17. The fraction of sp³-hybridized carbons (Fsp3) is 0.312. The topological polar surface area (TPSA) is 73.1 Å². The number of aromatic hydroxyl groups is 1. The van der Waals surface area contributed by atoms with Crippen molar-refractivity contribution in [3.05, 3.63) is 36.8 Å². The predicted octanol–water partition coefficient (Wildman–Crippen LogP) is 2.90. The molecule has 4 rings (SSSR count). The van der Waals surface area contributed by atoms with E-state index >= 15 is 0 Å². The molecule has 6 nitrogen and oxygen atoms in total. The summed E-state index contributed by atoms with van der Waals surface area (Å²) >= 11 is 0. The molecule has 0 radical (unpaired) electrons. The highest BCUT2D eigenvalue weighted by atomic mass is 16.5. The van der Waals surface area contributed by atoms with E-state index in [9.17, 15) is 5.11 Å². The second-order valence-electron chi connectivity index (χ2n) is 5.46. The Bertz CT molecular complexity index is 809. The van der Waals surface area contributed by atoms with E-state index in [0.717, 1.165) is 42.6 Å². The van der Waals surface area contributed by atoms with Crippen molar-refractivity contribution in [3.8, 4) is 17.0 Å². The molecule has 0 amide bonds. The first-order valence-electron chi connectivity index (χ1n) is 7.41. The molecule has 2 aromatic heterocycles. The maximum atomic E-state index is 9.57. The normalized spacial score (nSPS) is 18.6. The van der Waals surface area contributed by atoms with Gasteiger partial charge in [-0.25, -0.2) is 9.67 Å². The van der Waals surface area contributed by atoms with Crippen LogP contribution in [0.15, 0.2) is 36.8 Å². The van der Waals surface area contributed by atoms with Gasteiger partial charge in [-0.1, -0.05) is 0 Å². The van der Waals surface area contributed by atoms with E-state index < -0.39 is 0 Å². The van der Waals surface area contributed by atoms with Gasteiger partial charge in [0.05, 0.1) is 29.1 Å². The number of fused-ring (bicyclic) bond motifs is 1. The van der Waals surface area contributed by atoms with Crippen LogP contribution < -0.4 is 0 Å². The lowest BCUT2D eigenvalue weighted by molar-refractivity contribution is -0.0394. The van der Waals surface area contributed by atoms with Gasteiger partial charge in [-0.15, -0.1) is 0 Å². The average molecular weight is 296 g/mol. The number of benzene rings is 1. The molecule has 3 aromatic rings. The van der Waals surface area contributed by atoms with Gasteiger partial charge in [0.15, 0.2) is 0 Å². The molecule has 1 unspecified atom stereocenters. The molecule has 1 aliphatic heterocycles. The van der Waals surface area contributed by atoms with Crippen molar-refractivity contribution in [2.45, 2.75) is 25.5 Å². The van der Waals surface area contributed by atoms with Crippen molar-refractivity contribution in [2.75, 3.05) is 6.61 Å². The van der Waals surface area contributed by atoms with Crippen molar-refractivity contribution in [3.63, 3.8) is 0 Å². The molecule has 6 heteroatoms. The van der Waals surface area contributed by atoms with Crippen molar-refractivity contribution < 1.29 is 9.84 Å². The van der Waals surface area contributed by atoms with Gasteiger partial charge in [0.2, 0.25) is 0 Å². The molecule has 0 aliphatic carbocycles. The van der Waals surface area contributed by atoms with Crippen molar-refractivity contribution >= 4 is 11.0 Å². The van der Waals surface area contributed by atoms with Gasteiger partial charge >= 0.3 is 0 Å². The Morgan fingerprint density at radius 1 is 1.18 bits per heavy atom. The second-order valence-corrected chi connectivity index (χ2v) is 5.46. The number of phenolic OH excluding ortho intramolecular Hbond substituents is 1. The Kier molecular flexibility index (Phi) is 3.23. The van der Waals surface area contributed by atoms with Gasteiger partial charge in [-0.3, -0.25) is 4.98 Å². The van der Waals surface area contributed by atoms with Crippen LogP contribution in [0.1, 0.15) is 25.5 Å². The maximum absolute atomic E-state index is 9.57. The summed E-state index contributed by atoms with van der Waals surface area (Å²) in [5.74, 6) is 0.185. The second kappa shape index (κ2) is 5.38. The zero-order valence-electron chi connectivity index (χ0n) is 12.0. The fourth-order valence-corrected chi connectivity index (χ4v) is 2.70. The van der Waals surface area contributed by atoms with Crippen LogP contribution in [0.4, 0.5) is 0 Å². The number of phenols is 1. The Hall–Kier alpha value is -2.47. The van der Waals surface area contributed by atoms with Crippen LogP contribution in [-0.4, -0.2) is 31.5 Å². The van der Waals surface area contributed by atoms with Gasteiger partial charge in [-0.05, 0) is 31.4 Å². The summed E-state index contributed by atoms with van der Waals surface area (Å²) in [6, 6.07) is 4.97. The molecule has 1 N–H and O–H groups in total. The van der Waals surface area contributed by atoms with E-state index in [4.69, 9.17) is 4.74 Å². The smallest absolute Gasteiger partial charge is 0.150 e. The number of aromatic nitrogens is 4. The van der Waals surface area contributed by atoms with Gasteiger partial charge in [-0.2, -0.15) is 5.10 Å². The molecule has 1 aliphatic rings. The minimum atomic E-state index is 0.0139. The van der Waals surface area contributed by atoms with Crippen LogP contribution in [0.25, 0.3) is 22.3 Å². The lowest BCUT2D eigenvalue weighted by atomic mass is 10.2. The van der Waals surface area contributed by atoms with E-state index in [1.807, 2.05) is 10.9 Å². The lowest BCUT2D eigenvalue weighted by Crippen LogP contribution is -2.18. The Morgan fingerprint density at radius 2 is 2.14 bits per heavy atom. The Morgan fingerprint density at radius 3 is 3.00 bits per heavy atom. The van der Waals surface area contributed by atoms with Crippen LogP contribution in [-0.2, 0) is 4.74 Å². The first-order valence-corrected chi connectivity index (χ1v) is 7.41. The third kappa shape index (κ3) is 2.42. The largest absolute Gasteiger partial charge is 0.508 e. The van der Waals surface area contributed by atoms with Crippen molar-refractivity contribution in [2.24, 2.45) is 0 Å². The average Bonchev–Trinajstić information content (AvgIpc) is 3.05. The monoisotopic (exact) mass is 296 g/mol. The number of nitrogens with zero attached hydrogens (tertiary/aromatic N) is 4. The summed E-state index contributed by atoms with van der Waals surface area (Å²) in [7, 11) is 0. The van der Waals surface area contributed by atoms with Crippen LogP contribution >= 0.6 is 0 Å². The standard InChI is InChI=1S/C16H16N4O2/c21-12-4-5-13-14(7-12)19-15(9-17-13)11-8-18-20(10-11)16-3-1-2-6-22-16/h4-5,7-10,16,21H,1-3,6H2. The van der Waals surface area contributed by atoms with E-state index in [2.05, 4.69) is 15.1 Å². The number of ether oxygens (including phenoxy) is 1. The molecule has 1 saturated heterocycles. The molecular weight excluding hydrogens is 280 g/mol. The summed E-state index contributed by atoms with van der Waals surface area (Å²) in [4.78, 5) is 8.93. The van der Waals surface area contributed by atoms with Crippen molar-refractivity contribution in [1.82, 2.24) is 19.7 Å². The summed E-state index contributed by atoms with van der Waals surface area (Å²) in [6.45, 7) is 0.787. The summed E-state index contributed by atoms with van der Waals surface area (Å²) in [6.07, 6.45) is 8.71. The highest BCUT2D eigenvalue weighted by molar-refractivity contribution is 5.78. The van der Waals surface area contributed by atoms with E-state index in [0.29, 0.717) is 5.52 Å². The number of rotatable bonds is 2. The van der Waals surface area contributed by atoms with E-state index in [1.54, 1.807) is 30.6 Å². The zero-order chi connectivity index (χ0) is 14.9. The maximum Gasteiger partial charge on any atom is 0.150 e. The van der Waals surface area contributed by atoms with E-state index in [-0.39, 0.29) is 12.0 Å². The quantitative estimate of drug-likeness (QED) is 0.787.